The number of nitrogens with zero attached hydrogens (tertiary/aromatic N) is 4. The smallest absolute Gasteiger partial charge is 0.381 e. The normalized spacial score (nSPS) is 22.4. The molecule has 0 radical (unpaired) electrons. The molecule has 1 saturated heterocycles. The fourth-order valence-electron chi connectivity index (χ4n) is 5.21. The summed E-state index contributed by atoms with van der Waals surface area (Å²) in [6.07, 6.45) is 2.15. The number of halogens is 5. The summed E-state index contributed by atoms with van der Waals surface area (Å²) < 4.78 is 47.2. The second-order valence-electron chi connectivity index (χ2n) is 9.94. The van der Waals surface area contributed by atoms with Crippen LogP contribution in [0, 0.1) is 5.92 Å². The van der Waals surface area contributed by atoms with E-state index in [1.54, 1.807) is 6.20 Å². The van der Waals surface area contributed by atoms with Crippen LogP contribution in [-0.2, 0) is 15.7 Å². The topological polar surface area (TPSA) is 120 Å². The fourth-order valence-corrected chi connectivity index (χ4v) is 5.79. The van der Waals surface area contributed by atoms with Crippen LogP contribution in [0.3, 0.4) is 0 Å². The van der Waals surface area contributed by atoms with Crippen LogP contribution < -0.4 is 16.4 Å². The molecule has 2 aliphatic rings. The van der Waals surface area contributed by atoms with Crippen molar-refractivity contribution in [2.75, 3.05) is 23.8 Å². The van der Waals surface area contributed by atoms with Crippen LogP contribution in [0.5, 0.6) is 0 Å². The highest BCUT2D eigenvalue weighted by Crippen LogP contribution is 2.42. The minimum Gasteiger partial charge on any atom is -0.381 e. The Hall–Kier alpha value is -2.83. The zero-order chi connectivity index (χ0) is 27.7. The molecule has 3 heterocycles. The lowest BCUT2D eigenvalue weighted by Gasteiger charge is -2.29. The van der Waals surface area contributed by atoms with Crippen LogP contribution in [0.15, 0.2) is 18.3 Å². The minimum atomic E-state index is -4.60. The number of anilines is 3. The highest BCUT2D eigenvalue weighted by atomic mass is 35.5. The first-order chi connectivity index (χ1) is 18.6. The number of carbonyl (C=O) groups is 1. The summed E-state index contributed by atoms with van der Waals surface area (Å²) in [6, 6.07) is 1.70. The highest BCUT2D eigenvalue weighted by molar-refractivity contribution is 6.39. The maximum atomic E-state index is 13.3. The summed E-state index contributed by atoms with van der Waals surface area (Å²) in [6.45, 7) is 1.38. The Bertz CT molecular complexity index is 1330. The molecule has 210 valence electrons. The maximum absolute atomic E-state index is 13.3. The average Bonchev–Trinajstić information content (AvgIpc) is 3.03. The number of hydrogen-bond donors (Lipinski definition) is 3. The summed E-state index contributed by atoms with van der Waals surface area (Å²) in [4.78, 5) is 25.6. The monoisotopic (exact) mass is 585 g/mol. The summed E-state index contributed by atoms with van der Waals surface area (Å²) in [5.74, 6) is 0.214. The third kappa shape index (κ3) is 6.17. The molecule has 1 aliphatic heterocycles. The second-order valence-corrected chi connectivity index (χ2v) is 10.8. The number of nitrogens with two attached hydrogens (primary N) is 1. The zero-order valence-electron chi connectivity index (χ0n) is 20.9. The molecule has 1 atom stereocenters. The standard InChI is InChI=1S/C25H28Cl2F3N7O2/c26-17-10-14(25(28,29)30)11-18(27)20(17)35-24-34-19-12-32-23(33-15-2-1-8-39-9-7-15)36-22(19)37(24)16-5-3-13(4-6-16)21(31)38/h10-13,15-16H,1-9H2,(H2,31,38)(H,34,35)(H,32,33,36)/t13-,15?,16-. The summed E-state index contributed by atoms with van der Waals surface area (Å²) in [5, 5.41) is 6.03. The Labute approximate surface area is 232 Å². The first-order valence-corrected chi connectivity index (χ1v) is 13.6. The number of aromatic nitrogens is 4. The van der Waals surface area contributed by atoms with Gasteiger partial charge in [0.2, 0.25) is 17.8 Å². The van der Waals surface area contributed by atoms with Gasteiger partial charge in [-0.3, -0.25) is 9.36 Å². The van der Waals surface area contributed by atoms with Gasteiger partial charge in [0.1, 0.15) is 5.52 Å². The zero-order valence-corrected chi connectivity index (χ0v) is 22.4. The van der Waals surface area contributed by atoms with Crippen molar-refractivity contribution >= 4 is 57.9 Å². The highest BCUT2D eigenvalue weighted by Gasteiger charge is 2.33. The molecule has 2 fully saturated rings. The Balaban J connectivity index is 1.52. The van der Waals surface area contributed by atoms with Crippen LogP contribution in [0.4, 0.5) is 30.8 Å². The molecular weight excluding hydrogens is 558 g/mol. The van der Waals surface area contributed by atoms with Gasteiger partial charge < -0.3 is 21.1 Å². The van der Waals surface area contributed by atoms with E-state index in [2.05, 4.69) is 20.6 Å². The van der Waals surface area contributed by atoms with Gasteiger partial charge in [0.25, 0.3) is 0 Å². The quantitative estimate of drug-likeness (QED) is 0.320. The van der Waals surface area contributed by atoms with Crippen molar-refractivity contribution in [1.29, 1.82) is 0 Å². The average molecular weight is 586 g/mol. The Kier molecular flexibility index (Phi) is 8.06. The van der Waals surface area contributed by atoms with Gasteiger partial charge in [0.05, 0.1) is 27.5 Å². The van der Waals surface area contributed by atoms with Gasteiger partial charge >= 0.3 is 6.18 Å². The molecule has 4 N–H and O–H groups in total. The summed E-state index contributed by atoms with van der Waals surface area (Å²) >= 11 is 12.5. The van der Waals surface area contributed by atoms with Gasteiger partial charge in [-0.1, -0.05) is 23.2 Å². The van der Waals surface area contributed by atoms with Crippen LogP contribution >= 0.6 is 23.2 Å². The van der Waals surface area contributed by atoms with Crippen molar-refractivity contribution in [3.8, 4) is 0 Å². The molecule has 1 saturated carbocycles. The van der Waals surface area contributed by atoms with Crippen LogP contribution in [0.1, 0.15) is 56.6 Å². The first-order valence-electron chi connectivity index (χ1n) is 12.8. The maximum Gasteiger partial charge on any atom is 0.416 e. The fraction of sp³-hybridized carbons (Fsp3) is 0.520. The first kappa shape index (κ1) is 27.7. The molecule has 2 aromatic heterocycles. The lowest BCUT2D eigenvalue weighted by molar-refractivity contribution is -0.137. The predicted molar refractivity (Wildman–Crippen MR) is 142 cm³/mol. The van der Waals surface area contributed by atoms with E-state index in [-0.39, 0.29) is 39.6 Å². The minimum absolute atomic E-state index is 0.0958. The number of alkyl halides is 3. The van der Waals surface area contributed by atoms with Gasteiger partial charge in [-0.2, -0.15) is 18.2 Å². The van der Waals surface area contributed by atoms with E-state index in [0.29, 0.717) is 55.4 Å². The van der Waals surface area contributed by atoms with E-state index in [0.717, 1.165) is 38.0 Å². The number of benzene rings is 1. The molecule has 5 rings (SSSR count). The van der Waals surface area contributed by atoms with Crippen molar-refractivity contribution < 1.29 is 22.7 Å². The largest absolute Gasteiger partial charge is 0.416 e. The van der Waals surface area contributed by atoms with Gasteiger partial charge in [-0.05, 0) is 57.1 Å². The van der Waals surface area contributed by atoms with E-state index < -0.39 is 11.7 Å². The van der Waals surface area contributed by atoms with Crippen LogP contribution in [-0.4, -0.2) is 44.7 Å². The van der Waals surface area contributed by atoms with E-state index >= 15 is 0 Å². The van der Waals surface area contributed by atoms with Gasteiger partial charge in [0, 0.05) is 31.2 Å². The SMILES string of the molecule is NC(=O)[C@H]1CC[C@H](n2c(Nc3c(Cl)cc(C(F)(F)F)cc3Cl)nc3cnc(NC4CCCOCC4)nc32)CC1. The lowest BCUT2D eigenvalue weighted by Crippen LogP contribution is -2.29. The van der Waals surface area contributed by atoms with Crippen LogP contribution in [0.2, 0.25) is 10.0 Å². The van der Waals surface area contributed by atoms with Crippen molar-refractivity contribution in [2.24, 2.45) is 11.7 Å². The predicted octanol–water partition coefficient (Wildman–Crippen LogP) is 6.09. The summed E-state index contributed by atoms with van der Waals surface area (Å²) in [5.41, 5.74) is 5.71. The molecule has 0 spiro atoms. The number of rotatable bonds is 6. The number of nitrogens with one attached hydrogen (secondary N) is 2. The third-order valence-electron chi connectivity index (χ3n) is 7.29. The Morgan fingerprint density at radius 3 is 2.44 bits per heavy atom. The van der Waals surface area contributed by atoms with Crippen molar-refractivity contribution in [3.63, 3.8) is 0 Å². The third-order valence-corrected chi connectivity index (χ3v) is 7.88. The molecule has 1 aromatic carbocycles. The van der Waals surface area contributed by atoms with E-state index in [1.807, 2.05) is 4.57 Å². The molecule has 1 aliphatic carbocycles. The number of primary amides is 1. The molecule has 1 unspecified atom stereocenters. The van der Waals surface area contributed by atoms with Crippen molar-refractivity contribution in [3.05, 3.63) is 33.9 Å². The Morgan fingerprint density at radius 1 is 1.05 bits per heavy atom. The second kappa shape index (κ2) is 11.3. The van der Waals surface area contributed by atoms with E-state index in [9.17, 15) is 18.0 Å². The lowest BCUT2D eigenvalue weighted by atomic mass is 9.85. The van der Waals surface area contributed by atoms with Gasteiger partial charge in [-0.15, -0.1) is 0 Å². The molecule has 9 nitrogen and oxygen atoms in total. The number of amides is 1. The molecule has 39 heavy (non-hydrogen) atoms. The number of carbonyl (C=O) groups excluding carboxylic acids is 1. The van der Waals surface area contributed by atoms with Gasteiger partial charge in [0.15, 0.2) is 5.65 Å². The van der Waals surface area contributed by atoms with Crippen molar-refractivity contribution in [1.82, 2.24) is 19.5 Å². The molecule has 1 amide bonds. The molecule has 0 bridgehead atoms. The van der Waals surface area contributed by atoms with E-state index in [1.165, 1.54) is 0 Å². The summed E-state index contributed by atoms with van der Waals surface area (Å²) in [7, 11) is 0. The molecular formula is C25H28Cl2F3N7O2. The number of imidazole rings is 1. The molecule has 14 heteroatoms. The number of hydrogen-bond acceptors (Lipinski definition) is 7. The molecule has 3 aromatic rings. The number of fused-ring (bicyclic) bond motifs is 1. The number of ether oxygens (including phenoxy) is 1. The van der Waals surface area contributed by atoms with Crippen molar-refractivity contribution in [2.45, 2.75) is 63.2 Å². The Morgan fingerprint density at radius 2 is 1.77 bits per heavy atom. The van der Waals surface area contributed by atoms with Crippen LogP contribution in [0.25, 0.3) is 11.2 Å². The van der Waals surface area contributed by atoms with Gasteiger partial charge in [-0.25, -0.2) is 9.97 Å². The van der Waals surface area contributed by atoms with E-state index in [4.69, 9.17) is 38.7 Å².